The molecule has 0 unspecified atom stereocenters. The Morgan fingerprint density at radius 2 is 1.62 bits per heavy atom. The maximum absolute atomic E-state index is 13.4. The van der Waals surface area contributed by atoms with E-state index in [1.54, 1.807) is 31.4 Å². The van der Waals surface area contributed by atoms with Crippen molar-refractivity contribution in [3.8, 4) is 11.5 Å². The van der Waals surface area contributed by atoms with E-state index in [9.17, 15) is 9.59 Å². The number of nitrogens with one attached hydrogen (secondary N) is 1. The summed E-state index contributed by atoms with van der Waals surface area (Å²) in [7, 11) is 2.93. The second-order valence-corrected chi connectivity index (χ2v) is 8.13. The minimum atomic E-state index is -0.427. The molecule has 0 radical (unpaired) electrons. The number of para-hydroxylation sites is 1. The molecule has 0 saturated carbocycles. The molecule has 7 heteroatoms. The van der Waals surface area contributed by atoms with Gasteiger partial charge in [-0.15, -0.1) is 0 Å². The molecule has 176 valence electrons. The highest BCUT2D eigenvalue weighted by Gasteiger charge is 2.34. The van der Waals surface area contributed by atoms with E-state index in [-0.39, 0.29) is 24.6 Å². The topological polar surface area (TPSA) is 77.1 Å². The predicted molar refractivity (Wildman–Crippen MR) is 131 cm³/mol. The Hall–Kier alpha value is -4.00. The van der Waals surface area contributed by atoms with E-state index in [4.69, 9.17) is 9.47 Å². The monoisotopic (exact) mass is 460 g/mol. The number of anilines is 2. The van der Waals surface area contributed by atoms with E-state index in [2.05, 4.69) is 23.0 Å². The fraction of sp³-hybridized carbons (Fsp3) is 0.259. The van der Waals surface area contributed by atoms with Gasteiger partial charge in [-0.25, -0.2) is 4.79 Å². The van der Waals surface area contributed by atoms with Gasteiger partial charge in [-0.1, -0.05) is 18.2 Å². The number of hydrogen-bond acceptors (Lipinski definition) is 6. The summed E-state index contributed by atoms with van der Waals surface area (Å²) < 4.78 is 15.2. The van der Waals surface area contributed by atoms with Crippen molar-refractivity contribution in [3.05, 3.63) is 83.9 Å². The van der Waals surface area contributed by atoms with Gasteiger partial charge >= 0.3 is 5.97 Å². The highest BCUT2D eigenvalue weighted by Crippen LogP contribution is 2.39. The summed E-state index contributed by atoms with van der Waals surface area (Å²) in [4.78, 5) is 26.6. The third-order valence-corrected chi connectivity index (χ3v) is 5.92. The first-order valence-corrected chi connectivity index (χ1v) is 11.1. The molecule has 3 aromatic carbocycles. The smallest absolute Gasteiger partial charge is 0.343 e. The van der Waals surface area contributed by atoms with E-state index in [0.29, 0.717) is 11.3 Å². The van der Waals surface area contributed by atoms with Crippen LogP contribution in [0.4, 0.5) is 11.4 Å². The summed E-state index contributed by atoms with van der Waals surface area (Å²) in [5.41, 5.74) is 3.51. The molecule has 2 atom stereocenters. The van der Waals surface area contributed by atoms with Gasteiger partial charge in [0.15, 0.2) is 6.61 Å². The van der Waals surface area contributed by atoms with Crippen molar-refractivity contribution in [1.82, 2.24) is 0 Å². The van der Waals surface area contributed by atoms with Crippen molar-refractivity contribution in [2.45, 2.75) is 25.4 Å². The Balaban J connectivity index is 1.52. The largest absolute Gasteiger partial charge is 0.497 e. The van der Waals surface area contributed by atoms with Crippen LogP contribution in [0.5, 0.6) is 11.5 Å². The Labute approximate surface area is 199 Å². The SMILES string of the molecule is COC(=O)COc1ccc(N[C@@H]2C[C@H](C)N(C(=O)c3ccc(OC)cc3)c3ccccc32)cc1. The minimum Gasteiger partial charge on any atom is -0.497 e. The molecule has 1 heterocycles. The number of ether oxygens (including phenoxy) is 3. The van der Waals surface area contributed by atoms with Gasteiger partial charge in [0, 0.05) is 23.0 Å². The highest BCUT2D eigenvalue weighted by molar-refractivity contribution is 6.07. The van der Waals surface area contributed by atoms with Gasteiger partial charge < -0.3 is 24.4 Å². The molecule has 0 aromatic heterocycles. The van der Waals surface area contributed by atoms with Crippen molar-refractivity contribution < 1.29 is 23.8 Å². The normalized spacial score (nSPS) is 16.9. The molecule has 1 amide bonds. The molecule has 7 nitrogen and oxygen atoms in total. The first-order valence-electron chi connectivity index (χ1n) is 11.1. The second kappa shape index (κ2) is 10.3. The van der Waals surface area contributed by atoms with Crippen LogP contribution in [0.3, 0.4) is 0 Å². The van der Waals surface area contributed by atoms with Crippen molar-refractivity contribution in [2.75, 3.05) is 31.0 Å². The van der Waals surface area contributed by atoms with E-state index < -0.39 is 5.97 Å². The van der Waals surface area contributed by atoms with Crippen LogP contribution in [-0.4, -0.2) is 38.7 Å². The quantitative estimate of drug-likeness (QED) is 0.509. The number of esters is 1. The first kappa shape index (κ1) is 23.2. The third-order valence-electron chi connectivity index (χ3n) is 5.92. The van der Waals surface area contributed by atoms with E-state index in [0.717, 1.165) is 29.1 Å². The molecule has 0 spiro atoms. The van der Waals surface area contributed by atoms with Crippen LogP contribution in [0.15, 0.2) is 72.8 Å². The fourth-order valence-electron chi connectivity index (χ4n) is 4.18. The minimum absolute atomic E-state index is 0.00957. The maximum atomic E-state index is 13.4. The van der Waals surface area contributed by atoms with Gasteiger partial charge in [0.1, 0.15) is 11.5 Å². The van der Waals surface area contributed by atoms with Gasteiger partial charge in [0.05, 0.1) is 20.3 Å². The van der Waals surface area contributed by atoms with Gasteiger partial charge in [-0.3, -0.25) is 4.79 Å². The van der Waals surface area contributed by atoms with Gasteiger partial charge in [0.2, 0.25) is 0 Å². The average molecular weight is 461 g/mol. The van der Waals surface area contributed by atoms with Crippen molar-refractivity contribution in [3.63, 3.8) is 0 Å². The number of hydrogen-bond donors (Lipinski definition) is 1. The second-order valence-electron chi connectivity index (χ2n) is 8.13. The fourth-order valence-corrected chi connectivity index (χ4v) is 4.18. The third kappa shape index (κ3) is 4.98. The summed E-state index contributed by atoms with van der Waals surface area (Å²) in [6.45, 7) is 1.94. The van der Waals surface area contributed by atoms with Crippen LogP contribution in [0.2, 0.25) is 0 Å². The zero-order valence-corrected chi connectivity index (χ0v) is 19.5. The number of fused-ring (bicyclic) bond motifs is 1. The average Bonchev–Trinajstić information content (AvgIpc) is 2.88. The lowest BCUT2D eigenvalue weighted by Gasteiger charge is -2.40. The lowest BCUT2D eigenvalue weighted by Crippen LogP contribution is -2.44. The number of amides is 1. The summed E-state index contributed by atoms with van der Waals surface area (Å²) in [6, 6.07) is 22.7. The number of nitrogens with zero attached hydrogens (tertiary/aromatic N) is 1. The molecule has 4 rings (SSSR count). The predicted octanol–water partition coefficient (Wildman–Crippen LogP) is 4.84. The molecule has 1 aliphatic rings. The van der Waals surface area contributed by atoms with Crippen LogP contribution in [0, 0.1) is 0 Å². The lowest BCUT2D eigenvalue weighted by atomic mass is 9.90. The molecule has 1 N–H and O–H groups in total. The Morgan fingerprint density at radius 3 is 2.29 bits per heavy atom. The number of benzene rings is 3. The molecule has 0 bridgehead atoms. The zero-order valence-electron chi connectivity index (χ0n) is 19.5. The highest BCUT2D eigenvalue weighted by atomic mass is 16.6. The first-order chi connectivity index (χ1) is 16.5. The van der Waals surface area contributed by atoms with Crippen LogP contribution >= 0.6 is 0 Å². The van der Waals surface area contributed by atoms with Crippen LogP contribution in [0.25, 0.3) is 0 Å². The number of carbonyl (C=O) groups is 2. The molecule has 34 heavy (non-hydrogen) atoms. The zero-order chi connectivity index (χ0) is 24.1. The van der Waals surface area contributed by atoms with Gasteiger partial charge in [-0.05, 0) is 73.5 Å². The Kier molecular flexibility index (Phi) is 7.01. The summed E-state index contributed by atoms with van der Waals surface area (Å²) in [6.07, 6.45) is 0.750. The van der Waals surface area contributed by atoms with Crippen LogP contribution in [0.1, 0.15) is 35.3 Å². The Morgan fingerprint density at radius 1 is 0.941 bits per heavy atom. The maximum Gasteiger partial charge on any atom is 0.343 e. The number of rotatable bonds is 7. The van der Waals surface area contributed by atoms with E-state index in [1.165, 1.54) is 7.11 Å². The molecular weight excluding hydrogens is 432 g/mol. The van der Waals surface area contributed by atoms with Crippen LogP contribution < -0.4 is 19.7 Å². The van der Waals surface area contributed by atoms with Crippen molar-refractivity contribution in [1.29, 1.82) is 0 Å². The van der Waals surface area contributed by atoms with E-state index in [1.807, 2.05) is 47.4 Å². The standard InChI is InChI=1S/C27H28N2O5/c1-18-16-24(28-20-10-14-22(15-11-20)34-17-26(30)33-3)23-6-4-5-7-25(23)29(18)27(31)19-8-12-21(32-2)13-9-19/h4-15,18,24,28H,16-17H2,1-3H3/t18-,24+/m0/s1. The van der Waals surface area contributed by atoms with Gasteiger partial charge in [0.25, 0.3) is 5.91 Å². The summed E-state index contributed by atoms with van der Waals surface area (Å²) >= 11 is 0. The number of carbonyl (C=O) groups excluding carboxylic acids is 2. The number of methoxy groups -OCH3 is 2. The van der Waals surface area contributed by atoms with Crippen molar-refractivity contribution in [2.24, 2.45) is 0 Å². The van der Waals surface area contributed by atoms with Gasteiger partial charge in [-0.2, -0.15) is 0 Å². The molecular formula is C27H28N2O5. The molecule has 0 fully saturated rings. The molecule has 3 aromatic rings. The molecule has 1 aliphatic heterocycles. The van der Waals surface area contributed by atoms with Crippen molar-refractivity contribution >= 4 is 23.3 Å². The summed E-state index contributed by atoms with van der Waals surface area (Å²) in [5, 5.41) is 3.58. The molecule has 0 aliphatic carbocycles. The van der Waals surface area contributed by atoms with E-state index >= 15 is 0 Å². The Bertz CT molecular complexity index is 1140. The molecule has 0 saturated heterocycles. The van der Waals surface area contributed by atoms with Crippen LogP contribution in [-0.2, 0) is 9.53 Å². The lowest BCUT2D eigenvalue weighted by molar-refractivity contribution is -0.142. The summed E-state index contributed by atoms with van der Waals surface area (Å²) in [5.74, 6) is 0.844.